The molecule has 1 saturated carbocycles. The number of nitrogens with zero attached hydrogens (tertiary/aromatic N) is 1. The minimum absolute atomic E-state index is 0.00945. The number of hydrogen-bond donors (Lipinski definition) is 2. The fraction of sp³-hybridized carbons (Fsp3) is 0.600. The number of nitrogens with one attached hydrogen (secondary N) is 2. The lowest BCUT2D eigenvalue weighted by atomic mass is 9.83. The summed E-state index contributed by atoms with van der Waals surface area (Å²) in [7, 11) is 0. The first kappa shape index (κ1) is 9.24. The number of amides is 1. The lowest BCUT2D eigenvalue weighted by molar-refractivity contribution is -0.119. The average molecular weight is 193 g/mol. The lowest BCUT2D eigenvalue weighted by Crippen LogP contribution is -2.19. The fourth-order valence-corrected chi connectivity index (χ4v) is 1.60. The van der Waals surface area contributed by atoms with E-state index >= 15 is 0 Å². The summed E-state index contributed by atoms with van der Waals surface area (Å²) in [4.78, 5) is 10.7. The molecular weight excluding hydrogens is 178 g/mol. The molecule has 1 heterocycles. The second-order valence-corrected chi connectivity index (χ2v) is 3.86. The maximum Gasteiger partial charge on any atom is 0.217 e. The summed E-state index contributed by atoms with van der Waals surface area (Å²) in [6.45, 7) is 2.07. The Labute approximate surface area is 83.1 Å². The third-order valence-electron chi connectivity index (χ3n) is 2.70. The summed E-state index contributed by atoms with van der Waals surface area (Å²) in [6, 6.07) is 2.06. The van der Waals surface area contributed by atoms with Gasteiger partial charge in [-0.05, 0) is 18.9 Å². The highest BCUT2D eigenvalue weighted by Gasteiger charge is 2.21. The predicted molar refractivity (Wildman–Crippen MR) is 52.7 cm³/mol. The van der Waals surface area contributed by atoms with Crippen molar-refractivity contribution in [2.24, 2.45) is 0 Å². The van der Waals surface area contributed by atoms with Crippen molar-refractivity contribution in [1.82, 2.24) is 15.5 Å². The van der Waals surface area contributed by atoms with E-state index in [1.54, 1.807) is 0 Å². The van der Waals surface area contributed by atoms with Crippen LogP contribution in [0.5, 0.6) is 0 Å². The van der Waals surface area contributed by atoms with Crippen LogP contribution in [0.25, 0.3) is 0 Å². The van der Waals surface area contributed by atoms with Gasteiger partial charge in [-0.1, -0.05) is 6.42 Å². The summed E-state index contributed by atoms with van der Waals surface area (Å²) in [5.41, 5.74) is 2.14. The Balaban J connectivity index is 1.92. The van der Waals surface area contributed by atoms with Gasteiger partial charge in [0, 0.05) is 12.8 Å². The highest BCUT2D eigenvalue weighted by atomic mass is 16.1. The van der Waals surface area contributed by atoms with Crippen molar-refractivity contribution in [2.75, 3.05) is 0 Å². The number of aromatic nitrogens is 2. The molecule has 14 heavy (non-hydrogen) atoms. The standard InChI is InChI=1S/C10H15N3O/c1-7(14)11-6-9-5-10(13-12-9)8-3-2-4-8/h5,8H,2-4,6H2,1H3,(H,11,14)(H,12,13). The molecule has 1 aromatic rings. The van der Waals surface area contributed by atoms with E-state index in [0.717, 1.165) is 11.4 Å². The van der Waals surface area contributed by atoms with Crippen LogP contribution in [0.2, 0.25) is 0 Å². The molecule has 1 aliphatic rings. The Morgan fingerprint density at radius 1 is 1.71 bits per heavy atom. The molecule has 1 aliphatic carbocycles. The van der Waals surface area contributed by atoms with Gasteiger partial charge in [0.05, 0.1) is 17.9 Å². The Morgan fingerprint density at radius 3 is 3.07 bits per heavy atom. The molecule has 1 amide bonds. The van der Waals surface area contributed by atoms with Crippen LogP contribution < -0.4 is 5.32 Å². The number of H-pyrrole nitrogens is 1. The summed E-state index contributed by atoms with van der Waals surface area (Å²) >= 11 is 0. The third-order valence-corrected chi connectivity index (χ3v) is 2.70. The lowest BCUT2D eigenvalue weighted by Gasteiger charge is -2.22. The highest BCUT2D eigenvalue weighted by molar-refractivity contribution is 5.72. The Hall–Kier alpha value is -1.32. The molecule has 0 aliphatic heterocycles. The van der Waals surface area contributed by atoms with Gasteiger partial charge >= 0.3 is 0 Å². The molecule has 0 saturated heterocycles. The molecule has 76 valence electrons. The predicted octanol–water partition coefficient (Wildman–Crippen LogP) is 1.31. The van der Waals surface area contributed by atoms with Crippen LogP contribution >= 0.6 is 0 Å². The summed E-state index contributed by atoms with van der Waals surface area (Å²) in [6.07, 6.45) is 3.83. The average Bonchev–Trinajstić information content (AvgIpc) is 2.46. The van der Waals surface area contributed by atoms with E-state index in [0.29, 0.717) is 12.5 Å². The normalized spacial score (nSPS) is 16.4. The van der Waals surface area contributed by atoms with E-state index < -0.39 is 0 Å². The second-order valence-electron chi connectivity index (χ2n) is 3.86. The van der Waals surface area contributed by atoms with Gasteiger partial charge in [-0.15, -0.1) is 0 Å². The van der Waals surface area contributed by atoms with E-state index in [4.69, 9.17) is 0 Å². The van der Waals surface area contributed by atoms with Gasteiger partial charge in [-0.3, -0.25) is 9.89 Å². The Morgan fingerprint density at radius 2 is 2.50 bits per heavy atom. The van der Waals surface area contributed by atoms with Gasteiger partial charge in [-0.25, -0.2) is 0 Å². The van der Waals surface area contributed by atoms with E-state index in [1.807, 2.05) is 0 Å². The molecule has 4 heteroatoms. The van der Waals surface area contributed by atoms with Crippen LogP contribution in [0, 0.1) is 0 Å². The monoisotopic (exact) mass is 193 g/mol. The third kappa shape index (κ3) is 1.95. The van der Waals surface area contributed by atoms with Crippen LogP contribution in [0.3, 0.4) is 0 Å². The summed E-state index contributed by atoms with van der Waals surface area (Å²) in [5.74, 6) is 0.641. The Kier molecular flexibility index (Phi) is 2.52. The number of carbonyl (C=O) groups excluding carboxylic acids is 1. The highest BCUT2D eigenvalue weighted by Crippen LogP contribution is 2.35. The van der Waals surface area contributed by atoms with Crippen molar-refractivity contribution in [2.45, 2.75) is 38.6 Å². The first-order valence-electron chi connectivity index (χ1n) is 5.04. The zero-order valence-electron chi connectivity index (χ0n) is 8.34. The number of rotatable bonds is 3. The number of aromatic amines is 1. The first-order valence-corrected chi connectivity index (χ1v) is 5.04. The van der Waals surface area contributed by atoms with Gasteiger partial charge in [0.25, 0.3) is 0 Å². The minimum Gasteiger partial charge on any atom is -0.351 e. The van der Waals surface area contributed by atoms with Crippen molar-refractivity contribution in [3.63, 3.8) is 0 Å². The van der Waals surface area contributed by atoms with Gasteiger partial charge in [0.1, 0.15) is 0 Å². The molecule has 0 unspecified atom stereocenters. The molecule has 4 nitrogen and oxygen atoms in total. The van der Waals surface area contributed by atoms with Crippen molar-refractivity contribution in [3.05, 3.63) is 17.5 Å². The van der Waals surface area contributed by atoms with Gasteiger partial charge in [-0.2, -0.15) is 5.10 Å². The molecular formula is C10H15N3O. The van der Waals surface area contributed by atoms with Crippen LogP contribution in [0.1, 0.15) is 43.5 Å². The molecule has 1 aromatic heterocycles. The maximum atomic E-state index is 10.7. The molecule has 2 rings (SSSR count). The van der Waals surface area contributed by atoms with Crippen molar-refractivity contribution >= 4 is 5.91 Å². The van der Waals surface area contributed by atoms with Gasteiger partial charge in [0.15, 0.2) is 0 Å². The topological polar surface area (TPSA) is 57.8 Å². The molecule has 0 radical (unpaired) electrons. The van der Waals surface area contributed by atoms with Crippen molar-refractivity contribution in [1.29, 1.82) is 0 Å². The van der Waals surface area contributed by atoms with Crippen LogP contribution in [0.15, 0.2) is 6.07 Å². The van der Waals surface area contributed by atoms with Crippen LogP contribution in [0.4, 0.5) is 0 Å². The van der Waals surface area contributed by atoms with Crippen molar-refractivity contribution < 1.29 is 4.79 Å². The maximum absolute atomic E-state index is 10.7. The summed E-state index contributed by atoms with van der Waals surface area (Å²) < 4.78 is 0. The van der Waals surface area contributed by atoms with Gasteiger partial charge in [0.2, 0.25) is 5.91 Å². The first-order chi connectivity index (χ1) is 6.75. The minimum atomic E-state index is -0.00945. The van der Waals surface area contributed by atoms with Crippen LogP contribution in [-0.2, 0) is 11.3 Å². The smallest absolute Gasteiger partial charge is 0.217 e. The molecule has 0 atom stereocenters. The van der Waals surface area contributed by atoms with Crippen molar-refractivity contribution in [3.8, 4) is 0 Å². The zero-order chi connectivity index (χ0) is 9.97. The van der Waals surface area contributed by atoms with E-state index in [-0.39, 0.29) is 5.91 Å². The van der Waals surface area contributed by atoms with E-state index in [2.05, 4.69) is 21.6 Å². The van der Waals surface area contributed by atoms with E-state index in [1.165, 1.54) is 26.2 Å². The molecule has 1 fully saturated rings. The van der Waals surface area contributed by atoms with Gasteiger partial charge < -0.3 is 5.32 Å². The Bertz CT molecular complexity index is 328. The fourth-order valence-electron chi connectivity index (χ4n) is 1.60. The zero-order valence-corrected chi connectivity index (χ0v) is 8.34. The molecule has 0 spiro atoms. The second kappa shape index (κ2) is 3.82. The molecule has 0 aromatic carbocycles. The number of carbonyl (C=O) groups is 1. The summed E-state index contributed by atoms with van der Waals surface area (Å²) in [5, 5.41) is 9.93. The molecule has 0 bridgehead atoms. The SMILES string of the molecule is CC(=O)NCc1cc(C2CCC2)n[nH]1. The quantitative estimate of drug-likeness (QED) is 0.760. The largest absolute Gasteiger partial charge is 0.351 e. The van der Waals surface area contributed by atoms with Crippen LogP contribution in [-0.4, -0.2) is 16.1 Å². The number of hydrogen-bond acceptors (Lipinski definition) is 2. The molecule has 2 N–H and O–H groups in total. The van der Waals surface area contributed by atoms with E-state index in [9.17, 15) is 4.79 Å².